The zero-order valence-corrected chi connectivity index (χ0v) is 13.4. The zero-order chi connectivity index (χ0) is 14.9. The maximum atomic E-state index is 12.2. The minimum atomic E-state index is -0.00777. The number of amides is 1. The molecule has 0 fully saturated rings. The number of benzene rings is 1. The number of carbonyl (C=O) groups excluding carboxylic acids is 1. The summed E-state index contributed by atoms with van der Waals surface area (Å²) in [6, 6.07) is 12.0. The van der Waals surface area contributed by atoms with E-state index in [-0.39, 0.29) is 12.5 Å². The summed E-state index contributed by atoms with van der Waals surface area (Å²) in [7, 11) is 0. The van der Waals surface area contributed by atoms with E-state index in [9.17, 15) is 4.79 Å². The smallest absolute Gasteiger partial charge is 0.262 e. The molecule has 1 heterocycles. The standard InChI is InChI=1S/C16H19NO2S2/c18-9-4-10-20-12-8-17-16(19)15-14(7-11-21-15)13-5-2-1-3-6-13/h1-3,5-7,11,18H,4,8-10,12H2,(H,17,19). The van der Waals surface area contributed by atoms with E-state index in [1.165, 1.54) is 11.3 Å². The average molecular weight is 321 g/mol. The number of nitrogens with one attached hydrogen (secondary N) is 1. The van der Waals surface area contributed by atoms with Crippen LogP contribution >= 0.6 is 23.1 Å². The SMILES string of the molecule is O=C(NCCSCCCO)c1sccc1-c1ccccc1. The lowest BCUT2D eigenvalue weighted by Crippen LogP contribution is -2.25. The molecule has 1 aromatic heterocycles. The molecule has 0 aliphatic heterocycles. The lowest BCUT2D eigenvalue weighted by Gasteiger charge is -2.06. The van der Waals surface area contributed by atoms with Crippen LogP contribution in [-0.4, -0.2) is 35.7 Å². The Labute approximate surface area is 133 Å². The Morgan fingerprint density at radius 3 is 2.76 bits per heavy atom. The molecule has 2 rings (SSSR count). The van der Waals surface area contributed by atoms with Crippen molar-refractivity contribution in [2.24, 2.45) is 0 Å². The van der Waals surface area contributed by atoms with Crippen molar-refractivity contribution in [2.75, 3.05) is 24.7 Å². The van der Waals surface area contributed by atoms with Crippen LogP contribution in [0.1, 0.15) is 16.1 Å². The van der Waals surface area contributed by atoms with E-state index in [4.69, 9.17) is 5.11 Å². The Bertz CT molecular complexity index is 554. The molecule has 0 saturated carbocycles. The van der Waals surface area contributed by atoms with Gasteiger partial charge in [-0.1, -0.05) is 30.3 Å². The van der Waals surface area contributed by atoms with E-state index in [0.717, 1.165) is 33.9 Å². The summed E-state index contributed by atoms with van der Waals surface area (Å²) in [5.41, 5.74) is 2.06. The topological polar surface area (TPSA) is 49.3 Å². The van der Waals surface area contributed by atoms with Crippen molar-refractivity contribution in [3.05, 3.63) is 46.7 Å². The van der Waals surface area contributed by atoms with Crippen LogP contribution in [0, 0.1) is 0 Å². The molecule has 0 saturated heterocycles. The molecule has 0 atom stereocenters. The first-order chi connectivity index (χ1) is 10.3. The van der Waals surface area contributed by atoms with Gasteiger partial charge in [0.05, 0.1) is 4.88 Å². The maximum Gasteiger partial charge on any atom is 0.262 e. The molecule has 0 aliphatic rings. The van der Waals surface area contributed by atoms with Crippen LogP contribution < -0.4 is 5.32 Å². The predicted molar refractivity (Wildman–Crippen MR) is 91.1 cm³/mol. The van der Waals surface area contributed by atoms with Gasteiger partial charge in [-0.2, -0.15) is 11.8 Å². The summed E-state index contributed by atoms with van der Waals surface area (Å²) in [5, 5.41) is 13.6. The van der Waals surface area contributed by atoms with Crippen molar-refractivity contribution >= 4 is 29.0 Å². The summed E-state index contributed by atoms with van der Waals surface area (Å²) in [4.78, 5) is 13.0. The molecule has 1 aromatic carbocycles. The highest BCUT2D eigenvalue weighted by molar-refractivity contribution is 7.99. The number of carbonyl (C=O) groups is 1. The van der Waals surface area contributed by atoms with E-state index < -0.39 is 0 Å². The second kappa shape index (κ2) is 8.87. The molecule has 0 spiro atoms. The van der Waals surface area contributed by atoms with Crippen LogP contribution in [0.25, 0.3) is 11.1 Å². The lowest BCUT2D eigenvalue weighted by atomic mass is 10.1. The molecule has 1 amide bonds. The van der Waals surface area contributed by atoms with Crippen LogP contribution in [0.3, 0.4) is 0 Å². The Morgan fingerprint density at radius 2 is 2.00 bits per heavy atom. The summed E-state index contributed by atoms with van der Waals surface area (Å²) < 4.78 is 0. The third kappa shape index (κ3) is 4.88. The first kappa shape index (κ1) is 16.1. The summed E-state index contributed by atoms with van der Waals surface area (Å²) >= 11 is 3.22. The van der Waals surface area contributed by atoms with Gasteiger partial charge in [-0.25, -0.2) is 0 Å². The first-order valence-corrected chi connectivity index (χ1v) is 8.96. The fourth-order valence-electron chi connectivity index (χ4n) is 1.92. The fourth-order valence-corrected chi connectivity index (χ4v) is 3.53. The quantitative estimate of drug-likeness (QED) is 0.734. The van der Waals surface area contributed by atoms with Gasteiger partial charge in [0.2, 0.25) is 0 Å². The molecular formula is C16H19NO2S2. The monoisotopic (exact) mass is 321 g/mol. The fraction of sp³-hybridized carbons (Fsp3) is 0.312. The molecule has 0 aliphatic carbocycles. The minimum Gasteiger partial charge on any atom is -0.396 e. The van der Waals surface area contributed by atoms with E-state index >= 15 is 0 Å². The second-order valence-corrected chi connectivity index (χ2v) is 6.62. The zero-order valence-electron chi connectivity index (χ0n) is 11.7. The Hall–Kier alpha value is -1.30. The van der Waals surface area contributed by atoms with Crippen LogP contribution in [0.4, 0.5) is 0 Å². The maximum absolute atomic E-state index is 12.2. The molecule has 21 heavy (non-hydrogen) atoms. The van der Waals surface area contributed by atoms with E-state index in [2.05, 4.69) is 5.32 Å². The molecule has 0 radical (unpaired) electrons. The van der Waals surface area contributed by atoms with Gasteiger partial charge >= 0.3 is 0 Å². The highest BCUT2D eigenvalue weighted by Gasteiger charge is 2.13. The third-order valence-corrected chi connectivity index (χ3v) is 4.92. The number of thiophene rings is 1. The molecule has 3 nitrogen and oxygen atoms in total. The van der Waals surface area contributed by atoms with Gasteiger partial charge in [-0.05, 0) is 29.2 Å². The first-order valence-electron chi connectivity index (χ1n) is 6.92. The Morgan fingerprint density at radius 1 is 1.19 bits per heavy atom. The Kier molecular flexibility index (Phi) is 6.79. The lowest BCUT2D eigenvalue weighted by molar-refractivity contribution is 0.0961. The van der Waals surface area contributed by atoms with E-state index in [1.807, 2.05) is 41.8 Å². The number of aliphatic hydroxyl groups excluding tert-OH is 1. The van der Waals surface area contributed by atoms with Crippen LogP contribution in [0.5, 0.6) is 0 Å². The highest BCUT2D eigenvalue weighted by Crippen LogP contribution is 2.27. The normalized spacial score (nSPS) is 10.5. The highest BCUT2D eigenvalue weighted by atomic mass is 32.2. The van der Waals surface area contributed by atoms with Gasteiger partial charge in [0.25, 0.3) is 5.91 Å². The van der Waals surface area contributed by atoms with Crippen LogP contribution in [0.2, 0.25) is 0 Å². The van der Waals surface area contributed by atoms with Gasteiger partial charge in [0.15, 0.2) is 0 Å². The van der Waals surface area contributed by atoms with Crippen molar-refractivity contribution in [3.63, 3.8) is 0 Å². The molecule has 2 aromatic rings. The molecule has 2 N–H and O–H groups in total. The number of hydrogen-bond donors (Lipinski definition) is 2. The molecule has 0 unspecified atom stereocenters. The van der Waals surface area contributed by atoms with Gasteiger partial charge in [0.1, 0.15) is 0 Å². The Balaban J connectivity index is 1.88. The number of aliphatic hydroxyl groups is 1. The number of rotatable bonds is 8. The third-order valence-electron chi connectivity index (χ3n) is 2.93. The predicted octanol–water partition coefficient (Wildman–Crippen LogP) is 3.26. The molecule has 112 valence electrons. The molecular weight excluding hydrogens is 302 g/mol. The van der Waals surface area contributed by atoms with Gasteiger partial charge in [-0.3, -0.25) is 4.79 Å². The average Bonchev–Trinajstić information content (AvgIpc) is 3.01. The molecule has 5 heteroatoms. The largest absolute Gasteiger partial charge is 0.396 e. The summed E-state index contributed by atoms with van der Waals surface area (Å²) in [6.07, 6.45) is 0.807. The van der Waals surface area contributed by atoms with Crippen molar-refractivity contribution in [3.8, 4) is 11.1 Å². The van der Waals surface area contributed by atoms with Crippen molar-refractivity contribution in [1.82, 2.24) is 5.32 Å². The van der Waals surface area contributed by atoms with Crippen LogP contribution in [-0.2, 0) is 0 Å². The van der Waals surface area contributed by atoms with Gasteiger partial charge in [-0.15, -0.1) is 11.3 Å². The van der Waals surface area contributed by atoms with Crippen molar-refractivity contribution in [1.29, 1.82) is 0 Å². The number of thioether (sulfide) groups is 1. The van der Waals surface area contributed by atoms with E-state index in [1.54, 1.807) is 11.8 Å². The minimum absolute atomic E-state index is 0.00777. The van der Waals surface area contributed by atoms with Crippen LogP contribution in [0.15, 0.2) is 41.8 Å². The van der Waals surface area contributed by atoms with Gasteiger partial charge < -0.3 is 10.4 Å². The van der Waals surface area contributed by atoms with Crippen molar-refractivity contribution < 1.29 is 9.90 Å². The summed E-state index contributed by atoms with van der Waals surface area (Å²) in [5.74, 6) is 1.80. The summed E-state index contributed by atoms with van der Waals surface area (Å²) in [6.45, 7) is 0.885. The van der Waals surface area contributed by atoms with Crippen molar-refractivity contribution in [2.45, 2.75) is 6.42 Å². The second-order valence-electron chi connectivity index (χ2n) is 4.47. The molecule has 0 bridgehead atoms. The number of hydrogen-bond acceptors (Lipinski definition) is 4. The van der Waals surface area contributed by atoms with Gasteiger partial charge in [0, 0.05) is 24.5 Å². The van der Waals surface area contributed by atoms with E-state index in [0.29, 0.717) is 6.54 Å².